The lowest BCUT2D eigenvalue weighted by molar-refractivity contribution is -0.136. The van der Waals surface area contributed by atoms with Gasteiger partial charge in [0.1, 0.15) is 11.7 Å². The van der Waals surface area contributed by atoms with Gasteiger partial charge in [0, 0.05) is 50.7 Å². The molecule has 2 aromatic carbocycles. The van der Waals surface area contributed by atoms with Crippen LogP contribution in [0.5, 0.6) is 11.5 Å². The van der Waals surface area contributed by atoms with E-state index in [2.05, 4.69) is 9.97 Å². The summed E-state index contributed by atoms with van der Waals surface area (Å²) in [6.45, 7) is 3.28. The lowest BCUT2D eigenvalue weighted by Gasteiger charge is -2.32. The van der Waals surface area contributed by atoms with E-state index in [0.29, 0.717) is 18.8 Å². The van der Waals surface area contributed by atoms with Gasteiger partial charge >= 0.3 is 0 Å². The van der Waals surface area contributed by atoms with Gasteiger partial charge in [-0.2, -0.15) is 4.31 Å². The first-order valence-corrected chi connectivity index (χ1v) is 15.8. The van der Waals surface area contributed by atoms with Crippen LogP contribution in [0.2, 0.25) is 0 Å². The molecule has 2 atom stereocenters. The van der Waals surface area contributed by atoms with Gasteiger partial charge in [0.2, 0.25) is 15.9 Å². The molecule has 0 radical (unpaired) electrons. The van der Waals surface area contributed by atoms with E-state index >= 15 is 0 Å². The molecule has 1 aromatic heterocycles. The molecule has 12 heteroatoms. The highest BCUT2D eigenvalue weighted by Crippen LogP contribution is 2.35. The highest BCUT2D eigenvalue weighted by molar-refractivity contribution is 7.89. The number of amides is 2. The first kappa shape index (κ1) is 30.4. The Morgan fingerprint density at radius 1 is 0.977 bits per heavy atom. The normalized spacial score (nSPS) is 19.0. The fraction of sp³-hybridized carbons (Fsp3) is 0.419. The van der Waals surface area contributed by atoms with E-state index in [1.165, 1.54) is 54.1 Å². The van der Waals surface area contributed by atoms with Crippen LogP contribution in [0.15, 0.2) is 66.0 Å². The minimum absolute atomic E-state index is 0.0230. The number of aryl methyl sites for hydroxylation is 1. The lowest BCUT2D eigenvalue weighted by Crippen LogP contribution is -2.49. The summed E-state index contributed by atoms with van der Waals surface area (Å²) in [6.07, 6.45) is 7.25. The van der Waals surface area contributed by atoms with Gasteiger partial charge in [-0.1, -0.05) is 29.8 Å². The van der Waals surface area contributed by atoms with Gasteiger partial charge < -0.3 is 19.3 Å². The number of sulfonamides is 1. The molecule has 2 aliphatic heterocycles. The Morgan fingerprint density at radius 3 is 2.35 bits per heavy atom. The van der Waals surface area contributed by atoms with Crippen molar-refractivity contribution in [1.82, 2.24) is 24.1 Å². The molecule has 5 rings (SSSR count). The van der Waals surface area contributed by atoms with Gasteiger partial charge in [0.05, 0.1) is 25.3 Å². The van der Waals surface area contributed by atoms with Crippen LogP contribution < -0.4 is 9.47 Å². The average molecular weight is 608 g/mol. The summed E-state index contributed by atoms with van der Waals surface area (Å²) < 4.78 is 40.9. The average Bonchev–Trinajstić information content (AvgIpc) is 3.49. The van der Waals surface area contributed by atoms with Crippen molar-refractivity contribution >= 4 is 21.8 Å². The molecule has 0 bridgehead atoms. The van der Waals surface area contributed by atoms with E-state index in [1.807, 2.05) is 31.2 Å². The maximum Gasteiger partial charge on any atom is 0.274 e. The molecule has 2 amide bonds. The Balaban J connectivity index is 1.55. The van der Waals surface area contributed by atoms with Crippen molar-refractivity contribution in [3.63, 3.8) is 0 Å². The maximum absolute atomic E-state index is 14.4. The topological polar surface area (TPSA) is 122 Å². The largest absolute Gasteiger partial charge is 0.493 e. The standard InChI is InChI=1S/C31H37N5O6S/c1-22-7-9-23(10-8-22)20-36(43(39,40)25-11-12-28(41-2)29(18-25)42-3)24-17-27(31(38)34-15-5-4-6-16-34)35(21-24)30(37)26-19-32-13-14-33-26/h7-14,18-19,24,27H,4-6,15-17,20-21H2,1-3H3. The van der Waals surface area contributed by atoms with E-state index in [9.17, 15) is 18.0 Å². The van der Waals surface area contributed by atoms with E-state index in [-0.39, 0.29) is 41.8 Å². The van der Waals surface area contributed by atoms with Gasteiger partial charge in [-0.05, 0) is 50.3 Å². The molecule has 43 heavy (non-hydrogen) atoms. The summed E-state index contributed by atoms with van der Waals surface area (Å²) in [5.41, 5.74) is 1.94. The first-order valence-electron chi connectivity index (χ1n) is 14.4. The number of benzene rings is 2. The molecule has 11 nitrogen and oxygen atoms in total. The van der Waals surface area contributed by atoms with Crippen molar-refractivity contribution in [2.45, 2.75) is 56.1 Å². The monoisotopic (exact) mass is 607 g/mol. The number of ether oxygens (including phenoxy) is 2. The maximum atomic E-state index is 14.4. The van der Waals surface area contributed by atoms with Crippen LogP contribution in [0.3, 0.4) is 0 Å². The number of methoxy groups -OCH3 is 2. The molecule has 2 fully saturated rings. The van der Waals surface area contributed by atoms with Gasteiger partial charge in [-0.3, -0.25) is 14.6 Å². The smallest absolute Gasteiger partial charge is 0.274 e. The van der Waals surface area contributed by atoms with Gasteiger partial charge in [-0.15, -0.1) is 0 Å². The molecular formula is C31H37N5O6S. The van der Waals surface area contributed by atoms with E-state index in [1.54, 1.807) is 11.0 Å². The molecule has 0 saturated carbocycles. The molecule has 228 valence electrons. The number of nitrogens with zero attached hydrogens (tertiary/aromatic N) is 5. The zero-order valence-electron chi connectivity index (χ0n) is 24.7. The summed E-state index contributed by atoms with van der Waals surface area (Å²) >= 11 is 0. The van der Waals surface area contributed by atoms with E-state index in [4.69, 9.17) is 9.47 Å². The summed E-state index contributed by atoms with van der Waals surface area (Å²) in [4.78, 5) is 39.1. The molecule has 0 N–H and O–H groups in total. The van der Waals surface area contributed by atoms with Gasteiger partial charge in [0.25, 0.3) is 5.91 Å². The van der Waals surface area contributed by atoms with Crippen LogP contribution in [0.25, 0.3) is 0 Å². The van der Waals surface area contributed by atoms with Crippen molar-refractivity contribution in [2.75, 3.05) is 33.9 Å². The molecule has 2 unspecified atom stereocenters. The number of carbonyl (C=O) groups is 2. The molecule has 0 aliphatic carbocycles. The summed E-state index contributed by atoms with van der Waals surface area (Å²) in [7, 11) is -1.20. The highest BCUT2D eigenvalue weighted by atomic mass is 32.2. The Labute approximate surface area is 252 Å². The van der Waals surface area contributed by atoms with Crippen molar-refractivity contribution in [2.24, 2.45) is 0 Å². The molecule has 2 aliphatic rings. The number of aromatic nitrogens is 2. The van der Waals surface area contributed by atoms with Crippen LogP contribution in [0, 0.1) is 6.92 Å². The van der Waals surface area contributed by atoms with Crippen LogP contribution in [0.1, 0.15) is 47.3 Å². The van der Waals surface area contributed by atoms with Crippen LogP contribution in [-0.2, 0) is 21.4 Å². The molecule has 0 spiro atoms. The molecule has 3 aromatic rings. The quantitative estimate of drug-likeness (QED) is 0.363. The number of carbonyl (C=O) groups excluding carboxylic acids is 2. The summed E-state index contributed by atoms with van der Waals surface area (Å²) in [5, 5.41) is 0. The van der Waals surface area contributed by atoms with Crippen molar-refractivity contribution < 1.29 is 27.5 Å². The Kier molecular flexibility index (Phi) is 9.26. The number of hydrogen-bond acceptors (Lipinski definition) is 8. The third kappa shape index (κ3) is 6.50. The van der Waals surface area contributed by atoms with Crippen LogP contribution in [-0.4, -0.2) is 90.2 Å². The minimum Gasteiger partial charge on any atom is -0.493 e. The highest BCUT2D eigenvalue weighted by Gasteiger charge is 2.47. The predicted octanol–water partition coefficient (Wildman–Crippen LogP) is 3.29. The number of likely N-dealkylation sites (tertiary alicyclic amines) is 2. The molecule has 2 saturated heterocycles. The minimum atomic E-state index is -4.13. The summed E-state index contributed by atoms with van der Waals surface area (Å²) in [6, 6.07) is 10.6. The second-order valence-corrected chi connectivity index (χ2v) is 12.8. The Bertz CT molecular complexity index is 1540. The summed E-state index contributed by atoms with van der Waals surface area (Å²) in [5.74, 6) is 0.0613. The number of piperidine rings is 1. The lowest BCUT2D eigenvalue weighted by atomic mass is 10.1. The molecule has 3 heterocycles. The van der Waals surface area contributed by atoms with Crippen LogP contribution >= 0.6 is 0 Å². The van der Waals surface area contributed by atoms with Crippen LogP contribution in [0.4, 0.5) is 0 Å². The predicted molar refractivity (Wildman–Crippen MR) is 159 cm³/mol. The van der Waals surface area contributed by atoms with Gasteiger partial charge in [0.15, 0.2) is 11.5 Å². The third-order valence-corrected chi connectivity index (χ3v) is 10.00. The zero-order valence-corrected chi connectivity index (χ0v) is 25.5. The van der Waals surface area contributed by atoms with Crippen molar-refractivity contribution in [1.29, 1.82) is 0 Å². The zero-order chi connectivity index (χ0) is 30.6. The van der Waals surface area contributed by atoms with E-state index in [0.717, 1.165) is 30.4 Å². The fourth-order valence-electron chi connectivity index (χ4n) is 5.76. The second kappa shape index (κ2) is 13.1. The number of rotatable bonds is 9. The SMILES string of the molecule is COc1ccc(S(=O)(=O)N(Cc2ccc(C)cc2)C2CC(C(=O)N3CCCCC3)N(C(=O)c3cnccn3)C2)cc1OC. The molecular weight excluding hydrogens is 570 g/mol. The fourth-order valence-corrected chi connectivity index (χ4v) is 7.39. The third-order valence-electron chi connectivity index (χ3n) is 8.10. The van der Waals surface area contributed by atoms with E-state index < -0.39 is 28.0 Å². The first-order chi connectivity index (χ1) is 20.7. The number of hydrogen-bond donors (Lipinski definition) is 0. The Morgan fingerprint density at radius 2 is 1.70 bits per heavy atom. The van der Waals surface area contributed by atoms with Crippen molar-refractivity contribution in [3.05, 3.63) is 77.9 Å². The van der Waals surface area contributed by atoms with Gasteiger partial charge in [-0.25, -0.2) is 13.4 Å². The van der Waals surface area contributed by atoms with Crippen molar-refractivity contribution in [3.8, 4) is 11.5 Å². The Hall–Kier alpha value is -4.03. The second-order valence-electron chi connectivity index (χ2n) is 10.9.